The number of nitrogens with one attached hydrogen (secondary N) is 1. The van der Waals surface area contributed by atoms with Crippen molar-refractivity contribution in [3.63, 3.8) is 0 Å². The van der Waals surface area contributed by atoms with E-state index in [0.717, 1.165) is 0 Å². The molecule has 3 rings (SSSR count). The number of aliphatic hydroxyl groups excluding tert-OH is 2. The van der Waals surface area contributed by atoms with Crippen molar-refractivity contribution in [2.45, 2.75) is 24.5 Å². The van der Waals surface area contributed by atoms with Gasteiger partial charge in [-0.15, -0.1) is 0 Å². The van der Waals surface area contributed by atoms with Crippen LogP contribution in [0.15, 0.2) is 11.1 Å². The Labute approximate surface area is 151 Å². The highest BCUT2D eigenvalue weighted by Crippen LogP contribution is 2.44. The van der Waals surface area contributed by atoms with E-state index >= 15 is 0 Å². The van der Waals surface area contributed by atoms with Crippen LogP contribution < -0.4 is 17.0 Å². The summed E-state index contributed by atoms with van der Waals surface area (Å²) in [6.45, 7) is -0.730. The van der Waals surface area contributed by atoms with E-state index in [9.17, 15) is 24.5 Å². The lowest BCUT2D eigenvalue weighted by molar-refractivity contribution is -0.0513. The van der Waals surface area contributed by atoms with Crippen molar-refractivity contribution in [3.8, 4) is 0 Å². The fourth-order valence-corrected chi connectivity index (χ4v) is 3.34. The minimum Gasteiger partial charge on any atom is -0.387 e. The van der Waals surface area contributed by atoms with Crippen molar-refractivity contribution in [1.82, 2.24) is 19.5 Å². The zero-order valence-electron chi connectivity index (χ0n) is 13.8. The third kappa shape index (κ3) is 4.02. The molecule has 0 bridgehead atoms. The van der Waals surface area contributed by atoms with Crippen LogP contribution in [0.1, 0.15) is 6.23 Å². The van der Waals surface area contributed by atoms with Crippen molar-refractivity contribution in [1.29, 1.82) is 0 Å². The van der Waals surface area contributed by atoms with Gasteiger partial charge in [-0.1, -0.05) is 0 Å². The molecule has 2 aromatic heterocycles. The van der Waals surface area contributed by atoms with Crippen LogP contribution in [0.25, 0.3) is 11.2 Å². The minimum atomic E-state index is -4.39. The third-order valence-electron chi connectivity index (χ3n) is 3.84. The number of nitrogens with zero attached hydrogens (tertiary/aromatic N) is 3. The maximum absolute atomic E-state index is 11.8. The highest BCUT2D eigenvalue weighted by molar-refractivity contribution is 7.47. The normalized spacial score (nSPS) is 27.9. The summed E-state index contributed by atoms with van der Waals surface area (Å²) in [6.07, 6.45) is -4.07. The van der Waals surface area contributed by atoms with Crippen LogP contribution in [0.5, 0.6) is 0 Å². The predicted molar refractivity (Wildman–Crippen MR) is 89.3 cm³/mol. The number of H-pyrrole nitrogens is 1. The number of phosphoric ester groups is 1. The summed E-state index contributed by atoms with van der Waals surface area (Å²) in [5.41, 5.74) is 10.1. The van der Waals surface area contributed by atoms with Crippen LogP contribution in [-0.2, 0) is 18.3 Å². The van der Waals surface area contributed by atoms with Gasteiger partial charge >= 0.3 is 7.82 Å². The molecule has 1 aliphatic rings. The van der Waals surface area contributed by atoms with E-state index in [4.69, 9.17) is 20.7 Å². The first-order valence-corrected chi connectivity index (χ1v) is 9.29. The van der Waals surface area contributed by atoms with E-state index in [0.29, 0.717) is 0 Å². The average molecular weight is 406 g/mol. The second-order valence-corrected chi connectivity index (χ2v) is 7.16. The molecule has 0 amide bonds. The number of hydrogen-bond donors (Lipinski definition) is 6. The Morgan fingerprint density at radius 1 is 1.37 bits per heavy atom. The van der Waals surface area contributed by atoms with E-state index in [2.05, 4.69) is 19.5 Å². The average Bonchev–Trinajstić information content (AvgIpc) is 3.14. The number of phosphoric acid groups is 1. The standard InChI is InChI=1S/C12H19N6O8P/c13-1-2-24-27(22,23)25-3-5-7(19)8(20)11(26-5)18-4-15-6-9(18)16-12(14)17-10(6)21/h4-5,7-8,11,19-20H,1-3,13H2,(H,22,23)(H3,14,16,17,21)/t5-,7-,8-,11-/m1/s1. The van der Waals surface area contributed by atoms with Crippen molar-refractivity contribution >= 4 is 24.9 Å². The first-order valence-electron chi connectivity index (χ1n) is 7.79. The van der Waals surface area contributed by atoms with Gasteiger partial charge in [0.25, 0.3) is 5.56 Å². The second-order valence-electron chi connectivity index (χ2n) is 5.71. The van der Waals surface area contributed by atoms with Crippen LogP contribution in [0.4, 0.5) is 5.95 Å². The summed E-state index contributed by atoms with van der Waals surface area (Å²) >= 11 is 0. The number of hydrogen-bond acceptors (Lipinski definition) is 11. The molecule has 1 fully saturated rings. The molecule has 1 aliphatic heterocycles. The molecule has 0 aromatic carbocycles. The maximum atomic E-state index is 11.8. The van der Waals surface area contributed by atoms with Gasteiger partial charge in [0, 0.05) is 6.54 Å². The smallest absolute Gasteiger partial charge is 0.387 e. The van der Waals surface area contributed by atoms with Gasteiger partial charge in [-0.05, 0) is 0 Å². The number of anilines is 1. The highest BCUT2D eigenvalue weighted by atomic mass is 31.2. The molecule has 0 aliphatic carbocycles. The molecular weight excluding hydrogens is 387 g/mol. The third-order valence-corrected chi connectivity index (χ3v) is 4.82. The van der Waals surface area contributed by atoms with Crippen LogP contribution in [0.3, 0.4) is 0 Å². The van der Waals surface area contributed by atoms with Crippen molar-refractivity contribution in [2.24, 2.45) is 5.73 Å². The lowest BCUT2D eigenvalue weighted by Gasteiger charge is -2.17. The molecule has 150 valence electrons. The van der Waals surface area contributed by atoms with Crippen molar-refractivity contribution < 1.29 is 33.5 Å². The van der Waals surface area contributed by atoms with E-state index in [1.807, 2.05) is 0 Å². The van der Waals surface area contributed by atoms with Gasteiger partial charge in [-0.3, -0.25) is 23.4 Å². The van der Waals surface area contributed by atoms with Gasteiger partial charge in [0.2, 0.25) is 5.95 Å². The molecule has 14 nitrogen and oxygen atoms in total. The summed E-state index contributed by atoms with van der Waals surface area (Å²) < 4.78 is 27.7. The number of aromatic nitrogens is 4. The van der Waals surface area contributed by atoms with E-state index in [1.165, 1.54) is 10.9 Å². The Bertz CT molecular complexity index is 917. The quantitative estimate of drug-likeness (QED) is 0.261. The lowest BCUT2D eigenvalue weighted by Crippen LogP contribution is -2.33. The molecule has 0 spiro atoms. The molecular formula is C12H19N6O8P. The van der Waals surface area contributed by atoms with Crippen LogP contribution >= 0.6 is 7.82 Å². The van der Waals surface area contributed by atoms with Gasteiger partial charge in [0.1, 0.15) is 18.3 Å². The fraction of sp³-hybridized carbons (Fsp3) is 0.583. The van der Waals surface area contributed by atoms with Gasteiger partial charge in [-0.2, -0.15) is 4.98 Å². The summed E-state index contributed by atoms with van der Waals surface area (Å²) in [7, 11) is -4.39. The lowest BCUT2D eigenvalue weighted by atomic mass is 10.1. The molecule has 0 radical (unpaired) electrons. The molecule has 27 heavy (non-hydrogen) atoms. The van der Waals surface area contributed by atoms with Gasteiger partial charge in [0.05, 0.1) is 19.5 Å². The summed E-state index contributed by atoms with van der Waals surface area (Å²) in [5, 5.41) is 20.4. The summed E-state index contributed by atoms with van der Waals surface area (Å²) in [4.78, 5) is 31.4. The van der Waals surface area contributed by atoms with E-state index in [1.54, 1.807) is 0 Å². The zero-order chi connectivity index (χ0) is 19.8. The fourth-order valence-electron chi connectivity index (χ4n) is 2.60. The maximum Gasteiger partial charge on any atom is 0.472 e. The minimum absolute atomic E-state index is 0.0141. The topological polar surface area (TPSA) is 221 Å². The molecule has 1 saturated heterocycles. The Morgan fingerprint density at radius 2 is 2.11 bits per heavy atom. The Hall–Kier alpha value is -1.90. The molecule has 2 aromatic rings. The SMILES string of the molecule is NCCOP(=O)(O)OC[C@H]1O[C@@H](n2cnc3c(=O)[nH]c(N)nc32)[C@H](O)[C@@H]1O. The predicted octanol–water partition coefficient (Wildman–Crippen LogP) is -2.59. The molecule has 1 unspecified atom stereocenters. The largest absolute Gasteiger partial charge is 0.472 e. The summed E-state index contributed by atoms with van der Waals surface area (Å²) in [5.74, 6) is -0.166. The van der Waals surface area contributed by atoms with E-state index in [-0.39, 0.29) is 30.3 Å². The number of aliphatic hydroxyl groups is 2. The number of nitrogen functional groups attached to an aromatic ring is 1. The molecule has 0 saturated carbocycles. The van der Waals surface area contributed by atoms with Crippen molar-refractivity contribution in [3.05, 3.63) is 16.7 Å². The Morgan fingerprint density at radius 3 is 2.81 bits per heavy atom. The number of imidazole rings is 1. The summed E-state index contributed by atoms with van der Waals surface area (Å²) in [6, 6.07) is 0. The zero-order valence-corrected chi connectivity index (χ0v) is 14.7. The van der Waals surface area contributed by atoms with Gasteiger partial charge in [0.15, 0.2) is 17.4 Å². The molecule has 5 atom stereocenters. The number of rotatable bonds is 7. The first-order chi connectivity index (χ1) is 12.7. The second kappa shape index (κ2) is 7.61. The number of ether oxygens (including phenoxy) is 1. The monoisotopic (exact) mass is 406 g/mol. The number of aromatic amines is 1. The molecule has 8 N–H and O–H groups in total. The number of fused-ring (bicyclic) bond motifs is 1. The Balaban J connectivity index is 1.78. The first kappa shape index (κ1) is 19.9. The van der Waals surface area contributed by atoms with E-state index < -0.39 is 44.5 Å². The molecule has 15 heteroatoms. The van der Waals surface area contributed by atoms with Gasteiger partial charge in [-0.25, -0.2) is 9.55 Å². The Kier molecular flexibility index (Phi) is 5.60. The highest BCUT2D eigenvalue weighted by Gasteiger charge is 2.45. The molecule has 3 heterocycles. The van der Waals surface area contributed by atoms with Crippen LogP contribution in [0.2, 0.25) is 0 Å². The van der Waals surface area contributed by atoms with Crippen LogP contribution in [0, 0.1) is 0 Å². The number of nitrogens with two attached hydrogens (primary N) is 2. The van der Waals surface area contributed by atoms with Crippen molar-refractivity contribution in [2.75, 3.05) is 25.5 Å². The van der Waals surface area contributed by atoms with Crippen LogP contribution in [-0.4, -0.2) is 72.7 Å². The van der Waals surface area contributed by atoms with Gasteiger partial charge < -0.3 is 31.3 Å².